The summed E-state index contributed by atoms with van der Waals surface area (Å²) >= 11 is 5.96. The molecule has 2 aromatic heterocycles. The van der Waals surface area contributed by atoms with E-state index in [0.717, 1.165) is 5.56 Å². The van der Waals surface area contributed by atoms with Gasteiger partial charge in [0.25, 0.3) is 0 Å². The summed E-state index contributed by atoms with van der Waals surface area (Å²) in [5.74, 6) is 1.63. The predicted molar refractivity (Wildman–Crippen MR) is 87.7 cm³/mol. The van der Waals surface area contributed by atoms with Crippen molar-refractivity contribution in [3.63, 3.8) is 0 Å². The number of carbonyl (C=O) groups excluding carboxylic acids is 1. The van der Waals surface area contributed by atoms with Crippen LogP contribution < -0.4 is 5.43 Å². The molecule has 0 atom stereocenters. The fraction of sp³-hybridized carbons (Fsp3) is 0.0588. The second-order valence-corrected chi connectivity index (χ2v) is 5.26. The molecule has 0 aliphatic carbocycles. The smallest absolute Gasteiger partial charge is 0.307 e. The van der Waals surface area contributed by atoms with E-state index in [0.29, 0.717) is 22.3 Å². The van der Waals surface area contributed by atoms with E-state index in [1.54, 1.807) is 31.2 Å². The first-order valence-electron chi connectivity index (χ1n) is 6.87. The van der Waals surface area contributed by atoms with Gasteiger partial charge in [-0.25, -0.2) is 5.43 Å². The van der Waals surface area contributed by atoms with Gasteiger partial charge in [0.05, 0.1) is 6.21 Å². The van der Waals surface area contributed by atoms with Gasteiger partial charge in [0.1, 0.15) is 17.3 Å². The minimum atomic E-state index is -0.420. The summed E-state index contributed by atoms with van der Waals surface area (Å²) in [5, 5.41) is 4.48. The molecule has 0 saturated heterocycles. The number of amides is 1. The quantitative estimate of drug-likeness (QED) is 0.574. The first kappa shape index (κ1) is 15.1. The topological polar surface area (TPSA) is 67.7 Å². The monoisotopic (exact) mass is 328 g/mol. The number of hydrogen-bond donors (Lipinski definition) is 1. The molecule has 0 spiro atoms. The highest BCUT2D eigenvalue weighted by molar-refractivity contribution is 6.30. The lowest BCUT2D eigenvalue weighted by Gasteiger charge is -1.97. The molecule has 1 aromatic carbocycles. The predicted octanol–water partition coefficient (Wildman–Crippen LogP) is 4.27. The Labute approximate surface area is 137 Å². The van der Waals surface area contributed by atoms with Crippen molar-refractivity contribution in [3.8, 4) is 11.3 Å². The van der Waals surface area contributed by atoms with Crippen molar-refractivity contribution in [2.24, 2.45) is 5.10 Å². The Balaban J connectivity index is 1.66. The zero-order valence-corrected chi connectivity index (χ0v) is 13.0. The number of halogens is 1. The molecule has 0 radical (unpaired) electrons. The van der Waals surface area contributed by atoms with Crippen molar-refractivity contribution in [1.82, 2.24) is 5.43 Å². The molecule has 3 rings (SSSR count). The lowest BCUT2D eigenvalue weighted by molar-refractivity contribution is 0.0926. The summed E-state index contributed by atoms with van der Waals surface area (Å²) in [6.07, 6.45) is 1.42. The zero-order chi connectivity index (χ0) is 16.2. The highest BCUT2D eigenvalue weighted by Gasteiger charge is 2.08. The molecular formula is C17H13ClN2O3. The van der Waals surface area contributed by atoms with Gasteiger partial charge >= 0.3 is 5.91 Å². The third-order valence-corrected chi connectivity index (χ3v) is 3.29. The molecule has 0 aliphatic heterocycles. The van der Waals surface area contributed by atoms with Crippen LogP contribution in [0.2, 0.25) is 5.02 Å². The van der Waals surface area contributed by atoms with Crippen LogP contribution >= 0.6 is 11.6 Å². The first-order valence-corrected chi connectivity index (χ1v) is 7.25. The second-order valence-electron chi connectivity index (χ2n) is 4.82. The number of nitrogens with zero attached hydrogens (tertiary/aromatic N) is 1. The number of hydrogen-bond acceptors (Lipinski definition) is 4. The third kappa shape index (κ3) is 3.70. The molecule has 1 amide bonds. The minimum Gasteiger partial charge on any atom is -0.456 e. The molecule has 0 unspecified atom stereocenters. The third-order valence-electron chi connectivity index (χ3n) is 3.06. The Morgan fingerprint density at radius 1 is 1.17 bits per heavy atom. The van der Waals surface area contributed by atoms with Crippen LogP contribution in [0.25, 0.3) is 11.3 Å². The van der Waals surface area contributed by atoms with Crippen molar-refractivity contribution in [1.29, 1.82) is 0 Å². The van der Waals surface area contributed by atoms with E-state index in [-0.39, 0.29) is 5.76 Å². The fourth-order valence-corrected chi connectivity index (χ4v) is 2.18. The van der Waals surface area contributed by atoms with E-state index < -0.39 is 5.91 Å². The number of benzene rings is 1. The van der Waals surface area contributed by atoms with Crippen molar-refractivity contribution < 1.29 is 13.6 Å². The Bertz CT molecular complexity index is 864. The van der Waals surface area contributed by atoms with Crippen LogP contribution in [0.4, 0.5) is 0 Å². The first-order chi connectivity index (χ1) is 11.1. The number of aryl methyl sites for hydroxylation is 1. The van der Waals surface area contributed by atoms with Crippen LogP contribution in [0.15, 0.2) is 62.5 Å². The summed E-state index contributed by atoms with van der Waals surface area (Å²) in [6.45, 7) is 1.76. The SMILES string of the molecule is Cc1ccc(C(=O)N/N=C\c2ccc(-c3cccc(Cl)c3)o2)o1. The van der Waals surface area contributed by atoms with Gasteiger partial charge in [-0.15, -0.1) is 0 Å². The lowest BCUT2D eigenvalue weighted by atomic mass is 10.2. The Morgan fingerprint density at radius 2 is 2.04 bits per heavy atom. The molecule has 0 bridgehead atoms. The van der Waals surface area contributed by atoms with E-state index in [1.807, 2.05) is 24.3 Å². The number of rotatable bonds is 4. The minimum absolute atomic E-state index is 0.207. The highest BCUT2D eigenvalue weighted by atomic mass is 35.5. The van der Waals surface area contributed by atoms with E-state index >= 15 is 0 Å². The van der Waals surface area contributed by atoms with Gasteiger partial charge in [0, 0.05) is 10.6 Å². The van der Waals surface area contributed by atoms with Crippen molar-refractivity contribution >= 4 is 23.7 Å². The van der Waals surface area contributed by atoms with E-state index in [4.69, 9.17) is 20.4 Å². The van der Waals surface area contributed by atoms with Crippen LogP contribution in [0, 0.1) is 6.92 Å². The second kappa shape index (κ2) is 6.54. The molecule has 0 aliphatic rings. The van der Waals surface area contributed by atoms with Crippen LogP contribution in [-0.4, -0.2) is 12.1 Å². The Morgan fingerprint density at radius 3 is 2.78 bits per heavy atom. The van der Waals surface area contributed by atoms with Crippen molar-refractivity contribution in [2.45, 2.75) is 6.92 Å². The molecule has 2 heterocycles. The van der Waals surface area contributed by atoms with Crippen LogP contribution in [0.5, 0.6) is 0 Å². The molecule has 0 saturated carbocycles. The van der Waals surface area contributed by atoms with Gasteiger partial charge in [-0.2, -0.15) is 5.10 Å². The maximum absolute atomic E-state index is 11.7. The average molecular weight is 329 g/mol. The average Bonchev–Trinajstić information content (AvgIpc) is 3.16. The number of nitrogens with one attached hydrogen (secondary N) is 1. The Hall–Kier alpha value is -2.79. The van der Waals surface area contributed by atoms with Gasteiger partial charge in [-0.1, -0.05) is 23.7 Å². The molecule has 23 heavy (non-hydrogen) atoms. The highest BCUT2D eigenvalue weighted by Crippen LogP contribution is 2.24. The molecule has 0 fully saturated rings. The van der Waals surface area contributed by atoms with Crippen LogP contribution in [-0.2, 0) is 0 Å². The summed E-state index contributed by atoms with van der Waals surface area (Å²) < 4.78 is 10.8. The molecule has 5 nitrogen and oxygen atoms in total. The lowest BCUT2D eigenvalue weighted by Crippen LogP contribution is -2.16. The van der Waals surface area contributed by atoms with E-state index in [2.05, 4.69) is 10.5 Å². The van der Waals surface area contributed by atoms with Gasteiger partial charge in [0.15, 0.2) is 5.76 Å². The number of hydrazone groups is 1. The summed E-state index contributed by atoms with van der Waals surface area (Å²) in [4.78, 5) is 11.7. The largest absolute Gasteiger partial charge is 0.456 e. The molecular weight excluding hydrogens is 316 g/mol. The van der Waals surface area contributed by atoms with Gasteiger partial charge in [-0.3, -0.25) is 4.79 Å². The van der Waals surface area contributed by atoms with E-state index in [1.165, 1.54) is 6.21 Å². The van der Waals surface area contributed by atoms with E-state index in [9.17, 15) is 4.79 Å². The summed E-state index contributed by atoms with van der Waals surface area (Å²) in [7, 11) is 0. The summed E-state index contributed by atoms with van der Waals surface area (Å²) in [5.41, 5.74) is 3.24. The zero-order valence-electron chi connectivity index (χ0n) is 12.2. The van der Waals surface area contributed by atoms with Crippen LogP contribution in [0.3, 0.4) is 0 Å². The Kier molecular flexibility index (Phi) is 4.30. The van der Waals surface area contributed by atoms with Gasteiger partial charge in [0.2, 0.25) is 0 Å². The van der Waals surface area contributed by atoms with Gasteiger partial charge < -0.3 is 8.83 Å². The molecule has 6 heteroatoms. The number of carbonyl (C=O) groups is 1. The summed E-state index contributed by atoms with van der Waals surface area (Å²) in [6, 6.07) is 14.2. The van der Waals surface area contributed by atoms with Gasteiger partial charge in [-0.05, 0) is 43.3 Å². The normalized spacial score (nSPS) is 11.0. The maximum Gasteiger partial charge on any atom is 0.307 e. The van der Waals surface area contributed by atoms with Crippen molar-refractivity contribution in [2.75, 3.05) is 0 Å². The molecule has 1 N–H and O–H groups in total. The molecule has 3 aromatic rings. The van der Waals surface area contributed by atoms with Crippen LogP contribution in [0.1, 0.15) is 22.1 Å². The standard InChI is InChI=1S/C17H13ClN2O3/c1-11-5-7-16(22-11)17(21)20-19-10-14-6-8-15(23-14)12-3-2-4-13(18)9-12/h2-10H,1H3,(H,20,21)/b19-10-. The molecule has 116 valence electrons. The maximum atomic E-state index is 11.7. The fourth-order valence-electron chi connectivity index (χ4n) is 1.99. The number of furan rings is 2. The van der Waals surface area contributed by atoms with Crippen molar-refractivity contribution in [3.05, 3.63) is 70.8 Å².